The second-order valence-electron chi connectivity index (χ2n) is 6.39. The molecular weight excluding hydrogens is 388 g/mol. The van der Waals surface area contributed by atoms with Crippen molar-refractivity contribution >= 4 is 34.5 Å². The van der Waals surface area contributed by atoms with Gasteiger partial charge in [-0.15, -0.1) is 0 Å². The number of rotatable bonds is 5. The van der Waals surface area contributed by atoms with E-state index in [2.05, 4.69) is 5.32 Å². The number of nitrogens with one attached hydrogen (secondary N) is 1. The van der Waals surface area contributed by atoms with Gasteiger partial charge in [0.05, 0.1) is 17.8 Å². The van der Waals surface area contributed by atoms with Gasteiger partial charge in [0.2, 0.25) is 0 Å². The van der Waals surface area contributed by atoms with E-state index in [1.54, 1.807) is 42.0 Å². The van der Waals surface area contributed by atoms with Crippen LogP contribution in [-0.4, -0.2) is 23.2 Å². The van der Waals surface area contributed by atoms with Gasteiger partial charge in [-0.1, -0.05) is 41.9 Å². The number of amides is 1. The second kappa shape index (κ2) is 7.81. The Labute approximate surface area is 172 Å². The molecule has 5 nitrogen and oxygen atoms in total. The lowest BCUT2D eigenvalue weighted by atomic mass is 10.0. The fraction of sp³-hybridized carbons (Fsp3) is 0.0435. The maximum absolute atomic E-state index is 13.2. The van der Waals surface area contributed by atoms with Gasteiger partial charge in [-0.05, 0) is 48.0 Å². The molecule has 0 spiro atoms. The van der Waals surface area contributed by atoms with Crippen molar-refractivity contribution in [2.24, 2.45) is 0 Å². The first-order valence-electron chi connectivity index (χ1n) is 8.93. The number of anilines is 1. The summed E-state index contributed by atoms with van der Waals surface area (Å²) >= 11 is 6.11. The van der Waals surface area contributed by atoms with Gasteiger partial charge in [0.1, 0.15) is 11.4 Å². The SMILES string of the molecule is COc1ccc(-c2cc3ccccn3c2C(=O)C(=O)Nc2ccccc2Cl)cc1. The van der Waals surface area contributed by atoms with Gasteiger partial charge in [-0.3, -0.25) is 9.59 Å². The zero-order chi connectivity index (χ0) is 20.4. The minimum absolute atomic E-state index is 0.287. The molecule has 2 aromatic carbocycles. The fourth-order valence-corrected chi connectivity index (χ4v) is 3.38. The van der Waals surface area contributed by atoms with E-state index in [1.807, 2.05) is 48.5 Å². The van der Waals surface area contributed by atoms with Gasteiger partial charge in [0.25, 0.3) is 11.7 Å². The van der Waals surface area contributed by atoms with E-state index in [1.165, 1.54) is 0 Å². The molecule has 4 aromatic rings. The molecule has 1 amide bonds. The van der Waals surface area contributed by atoms with Crippen molar-refractivity contribution in [3.8, 4) is 16.9 Å². The third-order valence-corrected chi connectivity index (χ3v) is 4.95. The monoisotopic (exact) mass is 404 g/mol. The van der Waals surface area contributed by atoms with E-state index in [0.717, 1.165) is 11.1 Å². The Morgan fingerprint density at radius 3 is 2.41 bits per heavy atom. The number of halogens is 1. The summed E-state index contributed by atoms with van der Waals surface area (Å²) in [6.45, 7) is 0. The van der Waals surface area contributed by atoms with Crippen LogP contribution in [0.2, 0.25) is 5.02 Å². The smallest absolute Gasteiger partial charge is 0.298 e. The number of carbonyl (C=O) groups is 2. The number of ether oxygens (including phenoxy) is 1. The van der Waals surface area contributed by atoms with E-state index in [-0.39, 0.29) is 5.69 Å². The van der Waals surface area contributed by atoms with Crippen LogP contribution in [0.5, 0.6) is 5.75 Å². The molecule has 144 valence electrons. The number of hydrogen-bond acceptors (Lipinski definition) is 3. The number of nitrogens with zero attached hydrogens (tertiary/aromatic N) is 1. The number of fused-ring (bicyclic) bond motifs is 1. The van der Waals surface area contributed by atoms with Crippen molar-refractivity contribution < 1.29 is 14.3 Å². The minimum atomic E-state index is -0.753. The Balaban J connectivity index is 1.78. The maximum Gasteiger partial charge on any atom is 0.298 e. The van der Waals surface area contributed by atoms with Crippen molar-refractivity contribution in [1.82, 2.24) is 4.40 Å². The molecular formula is C23H17ClN2O3. The van der Waals surface area contributed by atoms with Gasteiger partial charge in [-0.2, -0.15) is 0 Å². The maximum atomic E-state index is 13.2. The first-order chi connectivity index (χ1) is 14.1. The zero-order valence-electron chi connectivity index (χ0n) is 15.6. The predicted octanol–water partition coefficient (Wildman–Crippen LogP) is 5.09. The molecule has 0 fully saturated rings. The van der Waals surface area contributed by atoms with Gasteiger partial charge in [0.15, 0.2) is 0 Å². The highest BCUT2D eigenvalue weighted by atomic mass is 35.5. The summed E-state index contributed by atoms with van der Waals surface area (Å²) in [4.78, 5) is 25.9. The number of hydrogen-bond donors (Lipinski definition) is 1. The predicted molar refractivity (Wildman–Crippen MR) is 114 cm³/mol. The van der Waals surface area contributed by atoms with Crippen LogP contribution in [-0.2, 0) is 4.79 Å². The molecule has 0 saturated carbocycles. The van der Waals surface area contributed by atoms with Crippen molar-refractivity contribution in [3.63, 3.8) is 0 Å². The summed E-state index contributed by atoms with van der Waals surface area (Å²) in [5.41, 5.74) is 2.96. The van der Waals surface area contributed by atoms with Gasteiger partial charge < -0.3 is 14.5 Å². The topological polar surface area (TPSA) is 59.8 Å². The molecule has 2 heterocycles. The van der Waals surface area contributed by atoms with Crippen LogP contribution in [0.1, 0.15) is 10.5 Å². The van der Waals surface area contributed by atoms with Crippen LogP contribution in [0.15, 0.2) is 79.0 Å². The van der Waals surface area contributed by atoms with Crippen LogP contribution in [0.3, 0.4) is 0 Å². The number of Topliss-reactive ketones (excluding diaryl/α,β-unsaturated/α-hetero) is 1. The Bertz CT molecular complexity index is 1210. The lowest BCUT2D eigenvalue weighted by Crippen LogP contribution is -2.24. The number of ketones is 1. The molecule has 0 atom stereocenters. The zero-order valence-corrected chi connectivity index (χ0v) is 16.3. The average molecular weight is 405 g/mol. The Morgan fingerprint density at radius 2 is 1.69 bits per heavy atom. The Hall–Kier alpha value is -3.57. The quantitative estimate of drug-likeness (QED) is 0.372. The highest BCUT2D eigenvalue weighted by molar-refractivity contribution is 6.48. The van der Waals surface area contributed by atoms with Crippen LogP contribution >= 0.6 is 11.6 Å². The normalized spacial score (nSPS) is 10.7. The third-order valence-electron chi connectivity index (χ3n) is 4.62. The van der Waals surface area contributed by atoms with Crippen LogP contribution < -0.4 is 10.1 Å². The van der Waals surface area contributed by atoms with Crippen LogP contribution in [0.4, 0.5) is 5.69 Å². The molecule has 29 heavy (non-hydrogen) atoms. The number of pyridine rings is 1. The number of benzene rings is 2. The van der Waals surface area contributed by atoms with Gasteiger partial charge >= 0.3 is 0 Å². The van der Waals surface area contributed by atoms with Crippen LogP contribution in [0.25, 0.3) is 16.6 Å². The molecule has 2 aromatic heterocycles. The molecule has 0 unspecified atom stereocenters. The number of methoxy groups -OCH3 is 1. The summed E-state index contributed by atoms with van der Waals surface area (Å²) in [5, 5.41) is 2.97. The molecule has 1 N–H and O–H groups in total. The van der Waals surface area contributed by atoms with E-state index in [0.29, 0.717) is 22.0 Å². The summed E-state index contributed by atoms with van der Waals surface area (Å²) in [6.07, 6.45) is 1.76. The third kappa shape index (κ3) is 3.60. The standard InChI is InChI=1S/C23H17ClN2O3/c1-29-17-11-9-15(10-12-17)18-14-16-6-4-5-13-26(16)21(18)22(27)23(28)25-20-8-3-2-7-19(20)24/h2-14H,1H3,(H,25,28). The fourth-order valence-electron chi connectivity index (χ4n) is 3.20. The molecule has 0 aliphatic heterocycles. The van der Waals surface area contributed by atoms with Gasteiger partial charge in [-0.25, -0.2) is 0 Å². The molecule has 0 saturated heterocycles. The number of aromatic nitrogens is 1. The number of para-hydroxylation sites is 1. The van der Waals surface area contributed by atoms with Crippen molar-refractivity contribution in [3.05, 3.63) is 89.7 Å². The molecule has 0 radical (unpaired) electrons. The number of carbonyl (C=O) groups excluding carboxylic acids is 2. The van der Waals surface area contributed by atoms with Crippen molar-refractivity contribution in [2.45, 2.75) is 0 Å². The van der Waals surface area contributed by atoms with Crippen LogP contribution in [0, 0.1) is 0 Å². The van der Waals surface area contributed by atoms with E-state index in [9.17, 15) is 9.59 Å². The van der Waals surface area contributed by atoms with Crippen molar-refractivity contribution in [2.75, 3.05) is 12.4 Å². The first kappa shape index (κ1) is 18.8. The van der Waals surface area contributed by atoms with E-state index in [4.69, 9.17) is 16.3 Å². The lowest BCUT2D eigenvalue weighted by Gasteiger charge is -2.09. The average Bonchev–Trinajstić information content (AvgIpc) is 3.14. The molecule has 0 bridgehead atoms. The van der Waals surface area contributed by atoms with E-state index < -0.39 is 11.7 Å². The van der Waals surface area contributed by atoms with Gasteiger partial charge in [0, 0.05) is 17.3 Å². The second-order valence-corrected chi connectivity index (χ2v) is 6.80. The summed E-state index contributed by atoms with van der Waals surface area (Å²) in [7, 11) is 1.59. The highest BCUT2D eigenvalue weighted by Gasteiger charge is 2.25. The first-order valence-corrected chi connectivity index (χ1v) is 9.31. The Morgan fingerprint density at radius 1 is 0.966 bits per heavy atom. The molecule has 0 aliphatic rings. The summed E-state index contributed by atoms with van der Waals surface area (Å²) in [5.74, 6) is -0.694. The summed E-state index contributed by atoms with van der Waals surface area (Å²) in [6, 6.07) is 21.6. The summed E-state index contributed by atoms with van der Waals surface area (Å²) < 4.78 is 6.93. The van der Waals surface area contributed by atoms with Crippen molar-refractivity contribution in [1.29, 1.82) is 0 Å². The Kier molecular flexibility index (Phi) is 5.06. The molecule has 0 aliphatic carbocycles. The lowest BCUT2D eigenvalue weighted by molar-refractivity contribution is -0.112. The van der Waals surface area contributed by atoms with E-state index >= 15 is 0 Å². The minimum Gasteiger partial charge on any atom is -0.497 e. The largest absolute Gasteiger partial charge is 0.497 e. The highest BCUT2D eigenvalue weighted by Crippen LogP contribution is 2.30. The molecule has 6 heteroatoms. The molecule has 4 rings (SSSR count).